The first-order chi connectivity index (χ1) is 8.74. The van der Waals surface area contributed by atoms with E-state index in [1.807, 2.05) is 0 Å². The predicted molar refractivity (Wildman–Crippen MR) is 64.5 cm³/mol. The first-order valence-corrected chi connectivity index (χ1v) is 5.37. The first-order valence-electron chi connectivity index (χ1n) is 4.99. The predicted octanol–water partition coefficient (Wildman–Crippen LogP) is 1.55. The number of nitrogens with zero attached hydrogens (tertiary/aromatic N) is 5. The van der Waals surface area contributed by atoms with Gasteiger partial charge in [0, 0.05) is 6.07 Å². The van der Waals surface area contributed by atoms with Crippen molar-refractivity contribution in [1.29, 1.82) is 0 Å². The highest BCUT2D eigenvalue weighted by molar-refractivity contribution is 6.33. The summed E-state index contributed by atoms with van der Waals surface area (Å²) in [6.07, 6.45) is 3.04. The van der Waals surface area contributed by atoms with Gasteiger partial charge in [-0.2, -0.15) is 4.52 Å². The van der Waals surface area contributed by atoms with Crippen LogP contribution in [0.2, 0.25) is 5.02 Å². The number of ether oxygens (including phenoxy) is 1. The van der Waals surface area contributed by atoms with Gasteiger partial charge in [0.1, 0.15) is 5.75 Å². The van der Waals surface area contributed by atoms with Crippen LogP contribution in [0.4, 0.5) is 5.69 Å². The number of anilines is 1. The molecule has 90 valence electrons. The molecule has 0 aliphatic heterocycles. The van der Waals surface area contributed by atoms with E-state index in [4.69, 9.17) is 22.1 Å². The van der Waals surface area contributed by atoms with Gasteiger partial charge in [-0.05, 0) is 22.6 Å². The van der Waals surface area contributed by atoms with Gasteiger partial charge in [0.05, 0.1) is 23.1 Å². The van der Waals surface area contributed by atoms with Crippen LogP contribution in [0.5, 0.6) is 11.6 Å². The highest BCUT2D eigenvalue weighted by Crippen LogP contribution is 2.27. The largest absolute Gasteiger partial charge is 0.437 e. The van der Waals surface area contributed by atoms with E-state index in [1.165, 1.54) is 16.9 Å². The Morgan fingerprint density at radius 2 is 2.17 bits per heavy atom. The smallest absolute Gasteiger partial charge is 0.242 e. The van der Waals surface area contributed by atoms with E-state index in [0.717, 1.165) is 0 Å². The van der Waals surface area contributed by atoms with Gasteiger partial charge in [-0.15, -0.1) is 5.10 Å². The summed E-state index contributed by atoms with van der Waals surface area (Å²) in [5.41, 5.74) is 6.60. The van der Waals surface area contributed by atoms with Crippen LogP contribution >= 0.6 is 11.6 Å². The fraction of sp³-hybridized carbons (Fsp3) is 0. The molecule has 1 aromatic carbocycles. The van der Waals surface area contributed by atoms with Gasteiger partial charge in [-0.25, -0.2) is 0 Å². The number of nitrogens with two attached hydrogens (primary N) is 1. The summed E-state index contributed by atoms with van der Waals surface area (Å²) < 4.78 is 7.03. The van der Waals surface area contributed by atoms with Gasteiger partial charge in [0.25, 0.3) is 0 Å². The van der Waals surface area contributed by atoms with Crippen molar-refractivity contribution in [3.63, 3.8) is 0 Å². The Bertz CT molecular complexity index is 712. The molecule has 0 atom stereocenters. The lowest BCUT2D eigenvalue weighted by molar-refractivity contribution is 0.442. The molecule has 0 saturated carbocycles. The number of nitrogen functional groups attached to an aromatic ring is 1. The molecular weight excluding hydrogens is 256 g/mol. The Labute approximate surface area is 106 Å². The van der Waals surface area contributed by atoms with E-state index >= 15 is 0 Å². The Morgan fingerprint density at radius 3 is 3.00 bits per heavy atom. The molecule has 0 aliphatic carbocycles. The molecule has 2 aromatic heterocycles. The molecule has 0 aliphatic rings. The third-order valence-electron chi connectivity index (χ3n) is 2.27. The van der Waals surface area contributed by atoms with Crippen molar-refractivity contribution >= 4 is 22.9 Å². The Kier molecular flexibility index (Phi) is 2.45. The Balaban J connectivity index is 2.01. The maximum atomic E-state index is 5.91. The van der Waals surface area contributed by atoms with E-state index in [9.17, 15) is 0 Å². The third kappa shape index (κ3) is 1.80. The number of halogens is 1. The summed E-state index contributed by atoms with van der Waals surface area (Å²) >= 11 is 5.91. The van der Waals surface area contributed by atoms with Crippen molar-refractivity contribution in [2.24, 2.45) is 0 Å². The highest BCUT2D eigenvalue weighted by Gasteiger charge is 2.07. The quantitative estimate of drug-likeness (QED) is 0.705. The van der Waals surface area contributed by atoms with E-state index in [1.54, 1.807) is 18.2 Å². The Hall–Kier alpha value is -2.41. The zero-order valence-electron chi connectivity index (χ0n) is 8.99. The zero-order chi connectivity index (χ0) is 12.5. The molecule has 3 aromatic rings. The molecule has 0 bridgehead atoms. The number of benzene rings is 1. The summed E-state index contributed by atoms with van der Waals surface area (Å²) in [5.74, 6) is 0.914. The number of fused-ring (bicyclic) bond motifs is 1. The van der Waals surface area contributed by atoms with Crippen molar-refractivity contribution in [2.45, 2.75) is 0 Å². The van der Waals surface area contributed by atoms with Crippen LogP contribution in [0, 0.1) is 0 Å². The van der Waals surface area contributed by atoms with Gasteiger partial charge in [0.15, 0.2) is 0 Å². The van der Waals surface area contributed by atoms with Crippen LogP contribution in [0.15, 0.2) is 30.6 Å². The van der Waals surface area contributed by atoms with Crippen molar-refractivity contribution in [2.75, 3.05) is 5.73 Å². The molecule has 3 rings (SSSR count). The fourth-order valence-corrected chi connectivity index (χ4v) is 1.59. The molecule has 0 amide bonds. The maximum Gasteiger partial charge on any atom is 0.242 e. The lowest BCUT2D eigenvalue weighted by Gasteiger charge is -2.06. The van der Waals surface area contributed by atoms with Crippen molar-refractivity contribution in [3.05, 3.63) is 35.6 Å². The molecule has 18 heavy (non-hydrogen) atoms. The fourth-order valence-electron chi connectivity index (χ4n) is 1.42. The molecule has 0 spiro atoms. The van der Waals surface area contributed by atoms with Crippen molar-refractivity contribution in [1.82, 2.24) is 25.0 Å². The average molecular weight is 263 g/mol. The lowest BCUT2D eigenvalue weighted by atomic mass is 10.3. The molecule has 8 heteroatoms. The van der Waals surface area contributed by atoms with Gasteiger partial charge in [-0.1, -0.05) is 11.6 Å². The van der Waals surface area contributed by atoms with E-state index in [2.05, 4.69) is 20.5 Å². The third-order valence-corrected chi connectivity index (χ3v) is 2.60. The summed E-state index contributed by atoms with van der Waals surface area (Å²) in [6, 6.07) is 4.97. The zero-order valence-corrected chi connectivity index (χ0v) is 9.74. The van der Waals surface area contributed by atoms with Gasteiger partial charge >= 0.3 is 0 Å². The second kappa shape index (κ2) is 4.11. The maximum absolute atomic E-state index is 5.91. The van der Waals surface area contributed by atoms with Crippen LogP contribution in [0.25, 0.3) is 5.65 Å². The monoisotopic (exact) mass is 262 g/mol. The van der Waals surface area contributed by atoms with Crippen molar-refractivity contribution < 1.29 is 4.74 Å². The van der Waals surface area contributed by atoms with Crippen molar-refractivity contribution in [3.8, 4) is 11.6 Å². The number of hydrogen-bond acceptors (Lipinski definition) is 6. The number of aromatic nitrogens is 5. The average Bonchev–Trinajstić information content (AvgIpc) is 2.83. The molecule has 2 heterocycles. The van der Waals surface area contributed by atoms with E-state index in [-0.39, 0.29) is 0 Å². The number of rotatable bonds is 2. The number of hydrogen-bond donors (Lipinski definition) is 1. The molecule has 0 radical (unpaired) electrons. The summed E-state index contributed by atoms with van der Waals surface area (Å²) in [4.78, 5) is 3.98. The SMILES string of the molecule is Nc1ccc(Oc2cncc3nnnn23)cc1Cl. The second-order valence-electron chi connectivity index (χ2n) is 3.48. The summed E-state index contributed by atoms with van der Waals surface area (Å²) in [7, 11) is 0. The van der Waals surface area contributed by atoms with Crippen LogP contribution in [0.3, 0.4) is 0 Å². The summed E-state index contributed by atoms with van der Waals surface area (Å²) in [5, 5.41) is 11.5. The van der Waals surface area contributed by atoms with E-state index < -0.39 is 0 Å². The van der Waals surface area contributed by atoms with Gasteiger partial charge in [-0.3, -0.25) is 4.98 Å². The standard InChI is InChI=1S/C10H7ClN6O/c11-7-3-6(1-2-8(7)12)18-10-5-13-4-9-14-15-16-17(9)10/h1-5H,12H2. The molecule has 0 saturated heterocycles. The van der Waals surface area contributed by atoms with Crippen LogP contribution in [-0.4, -0.2) is 25.0 Å². The molecule has 2 N–H and O–H groups in total. The Morgan fingerprint density at radius 1 is 1.28 bits per heavy atom. The number of tetrazole rings is 1. The minimum absolute atomic E-state index is 0.387. The molecular formula is C10H7ClN6O. The van der Waals surface area contributed by atoms with Crippen LogP contribution < -0.4 is 10.5 Å². The molecule has 0 unspecified atom stereocenters. The summed E-state index contributed by atoms with van der Waals surface area (Å²) in [6.45, 7) is 0. The first kappa shape index (κ1) is 10.7. The minimum atomic E-state index is 0.387. The minimum Gasteiger partial charge on any atom is -0.437 e. The van der Waals surface area contributed by atoms with Gasteiger partial charge in [0.2, 0.25) is 11.5 Å². The normalized spacial score (nSPS) is 10.7. The highest BCUT2D eigenvalue weighted by atomic mass is 35.5. The molecule has 7 nitrogen and oxygen atoms in total. The van der Waals surface area contributed by atoms with Crippen LogP contribution in [0.1, 0.15) is 0 Å². The lowest BCUT2D eigenvalue weighted by Crippen LogP contribution is -1.97. The topological polar surface area (TPSA) is 91.2 Å². The van der Waals surface area contributed by atoms with E-state index in [0.29, 0.717) is 28.0 Å². The van der Waals surface area contributed by atoms with Gasteiger partial charge < -0.3 is 10.5 Å². The van der Waals surface area contributed by atoms with Crippen LogP contribution in [-0.2, 0) is 0 Å². The second-order valence-corrected chi connectivity index (χ2v) is 3.89. The molecule has 0 fully saturated rings.